The molecule has 1 aromatic heterocycles. The molecule has 22 heavy (non-hydrogen) atoms. The number of nitrogens with zero attached hydrogens (tertiary/aromatic N) is 2. The van der Waals surface area contributed by atoms with Crippen molar-refractivity contribution in [3.8, 4) is 0 Å². The van der Waals surface area contributed by atoms with Gasteiger partial charge < -0.3 is 9.64 Å². The van der Waals surface area contributed by atoms with Crippen molar-refractivity contribution < 1.29 is 9.53 Å². The fourth-order valence-electron chi connectivity index (χ4n) is 3.36. The molecule has 5 heteroatoms. The molecule has 1 amide bonds. The van der Waals surface area contributed by atoms with Crippen LogP contribution in [0.3, 0.4) is 0 Å². The number of rotatable bonds is 2. The summed E-state index contributed by atoms with van der Waals surface area (Å²) in [6.45, 7) is 1.67. The van der Waals surface area contributed by atoms with E-state index in [2.05, 4.69) is 4.98 Å². The highest BCUT2D eigenvalue weighted by Gasteiger charge is 2.50. The van der Waals surface area contributed by atoms with Crippen molar-refractivity contribution >= 4 is 28.6 Å². The standard InChI is InChI=1S/C17H18N2O2S/c1-21-14-8-17(22-9-14)10-19(11-17)16(20)13-4-5-15-12(7-13)3-2-6-18-15/h2-7,14H,8-11H2,1H3. The van der Waals surface area contributed by atoms with E-state index in [4.69, 9.17) is 4.74 Å². The SMILES string of the molecule is COC1CSC2(C1)CN(C(=O)c1ccc3ncccc3c1)C2. The highest BCUT2D eigenvalue weighted by atomic mass is 32.2. The van der Waals surface area contributed by atoms with Crippen LogP contribution in [0.15, 0.2) is 36.5 Å². The van der Waals surface area contributed by atoms with E-state index in [1.807, 2.05) is 47.0 Å². The van der Waals surface area contributed by atoms with Crippen LogP contribution in [0, 0.1) is 0 Å². The Kier molecular flexibility index (Phi) is 3.35. The first-order chi connectivity index (χ1) is 10.7. The molecule has 1 unspecified atom stereocenters. The van der Waals surface area contributed by atoms with E-state index < -0.39 is 0 Å². The number of carbonyl (C=O) groups is 1. The van der Waals surface area contributed by atoms with E-state index in [-0.39, 0.29) is 10.7 Å². The number of hydrogen-bond donors (Lipinski definition) is 0. The summed E-state index contributed by atoms with van der Waals surface area (Å²) in [5.74, 6) is 1.16. The minimum absolute atomic E-state index is 0.123. The van der Waals surface area contributed by atoms with E-state index in [0.29, 0.717) is 6.10 Å². The molecule has 2 aromatic rings. The zero-order chi connectivity index (χ0) is 15.2. The van der Waals surface area contributed by atoms with Crippen molar-refractivity contribution in [1.82, 2.24) is 9.88 Å². The molecule has 1 spiro atoms. The second-order valence-electron chi connectivity index (χ2n) is 6.13. The van der Waals surface area contributed by atoms with E-state index in [9.17, 15) is 4.79 Å². The van der Waals surface area contributed by atoms with Gasteiger partial charge in [-0.05, 0) is 30.7 Å². The lowest BCUT2D eigenvalue weighted by Crippen LogP contribution is -2.60. The number of hydrogen-bond acceptors (Lipinski definition) is 4. The van der Waals surface area contributed by atoms with Gasteiger partial charge in [-0.25, -0.2) is 0 Å². The van der Waals surface area contributed by atoms with Crippen LogP contribution in [-0.2, 0) is 4.74 Å². The van der Waals surface area contributed by atoms with E-state index >= 15 is 0 Å². The third-order valence-electron chi connectivity index (χ3n) is 4.60. The minimum atomic E-state index is 0.123. The number of fused-ring (bicyclic) bond motifs is 1. The summed E-state index contributed by atoms with van der Waals surface area (Å²) in [4.78, 5) is 18.9. The molecule has 0 aliphatic carbocycles. The summed E-state index contributed by atoms with van der Waals surface area (Å²) in [6.07, 6.45) is 3.17. The van der Waals surface area contributed by atoms with Gasteiger partial charge in [0.1, 0.15) is 0 Å². The van der Waals surface area contributed by atoms with Crippen molar-refractivity contribution in [1.29, 1.82) is 0 Å². The highest BCUT2D eigenvalue weighted by Crippen LogP contribution is 2.46. The molecule has 2 aliphatic heterocycles. The Labute approximate surface area is 133 Å². The van der Waals surface area contributed by atoms with Gasteiger partial charge >= 0.3 is 0 Å². The third kappa shape index (κ3) is 2.29. The predicted octanol–water partition coefficient (Wildman–Crippen LogP) is 2.58. The van der Waals surface area contributed by atoms with Crippen molar-refractivity contribution in [3.63, 3.8) is 0 Å². The fourth-order valence-corrected chi connectivity index (χ4v) is 4.95. The highest BCUT2D eigenvalue weighted by molar-refractivity contribution is 8.01. The Morgan fingerprint density at radius 1 is 1.41 bits per heavy atom. The average Bonchev–Trinajstić information content (AvgIpc) is 2.97. The molecule has 0 radical (unpaired) electrons. The average molecular weight is 314 g/mol. The Hall–Kier alpha value is -1.59. The zero-order valence-corrected chi connectivity index (χ0v) is 13.3. The van der Waals surface area contributed by atoms with Crippen molar-refractivity contribution in [2.24, 2.45) is 0 Å². The van der Waals surface area contributed by atoms with Gasteiger partial charge in [-0.3, -0.25) is 9.78 Å². The molecule has 4 rings (SSSR count). The molecule has 114 valence electrons. The van der Waals surface area contributed by atoms with Crippen LogP contribution in [0.1, 0.15) is 16.8 Å². The molecule has 2 aliphatic rings. The van der Waals surface area contributed by atoms with E-state index in [1.54, 1.807) is 13.3 Å². The van der Waals surface area contributed by atoms with Gasteiger partial charge in [0.05, 0.1) is 16.4 Å². The predicted molar refractivity (Wildman–Crippen MR) is 88.2 cm³/mol. The lowest BCUT2D eigenvalue weighted by atomic mass is 9.92. The monoisotopic (exact) mass is 314 g/mol. The molecule has 1 aromatic carbocycles. The van der Waals surface area contributed by atoms with Crippen molar-refractivity contribution in [2.45, 2.75) is 17.3 Å². The molecule has 4 nitrogen and oxygen atoms in total. The van der Waals surface area contributed by atoms with Crippen LogP contribution in [-0.4, -0.2) is 52.6 Å². The number of amides is 1. The molecule has 0 bridgehead atoms. The smallest absolute Gasteiger partial charge is 0.253 e. The van der Waals surface area contributed by atoms with Crippen LogP contribution < -0.4 is 0 Å². The second-order valence-corrected chi connectivity index (χ2v) is 7.62. The summed E-state index contributed by atoms with van der Waals surface area (Å²) < 4.78 is 5.67. The lowest BCUT2D eigenvalue weighted by Gasteiger charge is -2.47. The molecule has 0 N–H and O–H groups in total. The number of pyridine rings is 1. The lowest BCUT2D eigenvalue weighted by molar-refractivity contribution is 0.0452. The van der Waals surface area contributed by atoms with Crippen molar-refractivity contribution in [2.75, 3.05) is 26.0 Å². The molecule has 0 saturated carbocycles. The Bertz CT molecular complexity index is 727. The number of thioether (sulfide) groups is 1. The first kappa shape index (κ1) is 14.0. The Morgan fingerprint density at radius 3 is 3.05 bits per heavy atom. The molecular weight excluding hydrogens is 296 g/mol. The van der Waals surface area contributed by atoms with Gasteiger partial charge in [-0.15, -0.1) is 11.8 Å². The number of benzene rings is 1. The fraction of sp³-hybridized carbons (Fsp3) is 0.412. The summed E-state index contributed by atoms with van der Waals surface area (Å²) in [6, 6.07) is 9.63. The van der Waals surface area contributed by atoms with Gasteiger partial charge in [0.15, 0.2) is 0 Å². The maximum atomic E-state index is 12.6. The summed E-state index contributed by atoms with van der Waals surface area (Å²) in [7, 11) is 1.77. The summed E-state index contributed by atoms with van der Waals surface area (Å²) >= 11 is 1.95. The molecule has 2 saturated heterocycles. The van der Waals surface area contributed by atoms with Crippen LogP contribution in [0.2, 0.25) is 0 Å². The normalized spacial score (nSPS) is 23.0. The van der Waals surface area contributed by atoms with E-state index in [1.165, 1.54) is 0 Å². The van der Waals surface area contributed by atoms with Crippen LogP contribution in [0.5, 0.6) is 0 Å². The first-order valence-electron chi connectivity index (χ1n) is 7.50. The zero-order valence-electron chi connectivity index (χ0n) is 12.5. The molecule has 3 heterocycles. The largest absolute Gasteiger partial charge is 0.381 e. The van der Waals surface area contributed by atoms with Gasteiger partial charge in [-0.2, -0.15) is 0 Å². The second kappa shape index (κ2) is 5.25. The number of carbonyl (C=O) groups excluding carboxylic acids is 1. The summed E-state index contributed by atoms with van der Waals surface area (Å²) in [5, 5.41) is 1.01. The minimum Gasteiger partial charge on any atom is -0.381 e. The molecule has 1 atom stereocenters. The topological polar surface area (TPSA) is 42.4 Å². The van der Waals surface area contributed by atoms with Crippen molar-refractivity contribution in [3.05, 3.63) is 42.1 Å². The van der Waals surface area contributed by atoms with Crippen LogP contribution >= 0.6 is 11.8 Å². The Morgan fingerprint density at radius 2 is 2.27 bits per heavy atom. The summed E-state index contributed by atoms with van der Waals surface area (Å²) in [5.41, 5.74) is 1.68. The third-order valence-corrected chi connectivity index (χ3v) is 6.18. The van der Waals surface area contributed by atoms with E-state index in [0.717, 1.165) is 41.7 Å². The van der Waals surface area contributed by atoms with Gasteiger partial charge in [0.2, 0.25) is 0 Å². The maximum Gasteiger partial charge on any atom is 0.253 e. The molecular formula is C17H18N2O2S. The van der Waals surface area contributed by atoms with Gasteiger partial charge in [-0.1, -0.05) is 6.07 Å². The van der Waals surface area contributed by atoms with Gasteiger partial charge in [0.25, 0.3) is 5.91 Å². The maximum absolute atomic E-state index is 12.6. The number of likely N-dealkylation sites (tertiary alicyclic amines) is 1. The quantitative estimate of drug-likeness (QED) is 0.854. The Balaban J connectivity index is 1.48. The number of methoxy groups -OCH3 is 1. The van der Waals surface area contributed by atoms with Crippen LogP contribution in [0.25, 0.3) is 10.9 Å². The molecule has 2 fully saturated rings. The number of ether oxygens (including phenoxy) is 1. The number of aromatic nitrogens is 1. The first-order valence-corrected chi connectivity index (χ1v) is 8.48. The van der Waals surface area contributed by atoms with Crippen LogP contribution in [0.4, 0.5) is 0 Å². The van der Waals surface area contributed by atoms with Gasteiger partial charge in [0, 0.05) is 43.1 Å².